The van der Waals surface area contributed by atoms with Gasteiger partial charge >= 0.3 is 0 Å². The number of anilines is 1. The first kappa shape index (κ1) is 12.0. The van der Waals surface area contributed by atoms with E-state index in [0.29, 0.717) is 5.69 Å². The van der Waals surface area contributed by atoms with Crippen molar-refractivity contribution in [1.82, 2.24) is 14.7 Å². The predicted molar refractivity (Wildman–Crippen MR) is 74.4 cm³/mol. The van der Waals surface area contributed by atoms with Crippen molar-refractivity contribution in [2.75, 3.05) is 31.1 Å². The largest absolute Gasteiger partial charge is 0.368 e. The molecule has 1 aliphatic rings. The Morgan fingerprint density at radius 2 is 2.16 bits per heavy atom. The zero-order chi connectivity index (χ0) is 13.2. The summed E-state index contributed by atoms with van der Waals surface area (Å²) in [5, 5.41) is 12.5. The van der Waals surface area contributed by atoms with E-state index in [9.17, 15) is 0 Å². The second-order valence-electron chi connectivity index (χ2n) is 4.72. The lowest BCUT2D eigenvalue weighted by atomic mass is 10.2. The van der Waals surface area contributed by atoms with Crippen molar-refractivity contribution in [3.8, 4) is 6.07 Å². The molecule has 0 spiro atoms. The third-order valence-corrected chi connectivity index (χ3v) is 3.60. The molecule has 5 heteroatoms. The summed E-state index contributed by atoms with van der Waals surface area (Å²) >= 11 is 0. The molecule has 2 aromatic heterocycles. The minimum Gasteiger partial charge on any atom is -0.368 e. The number of fused-ring (bicyclic) bond motifs is 1. The number of rotatable bonds is 2. The van der Waals surface area contributed by atoms with Crippen molar-refractivity contribution in [2.24, 2.45) is 0 Å². The fourth-order valence-corrected chi connectivity index (χ4v) is 2.58. The van der Waals surface area contributed by atoms with Crippen LogP contribution >= 0.6 is 0 Å². The number of pyridine rings is 1. The molecule has 0 atom stereocenters. The molecule has 0 bridgehead atoms. The lowest BCUT2D eigenvalue weighted by Crippen LogP contribution is -2.43. The van der Waals surface area contributed by atoms with Crippen LogP contribution in [0.4, 0.5) is 5.69 Å². The number of aromatic nitrogens is 2. The molecule has 1 saturated heterocycles. The first-order chi connectivity index (χ1) is 9.33. The molecule has 0 saturated carbocycles. The van der Waals surface area contributed by atoms with Crippen LogP contribution in [0.25, 0.3) is 5.52 Å². The van der Waals surface area contributed by atoms with Gasteiger partial charge in [-0.25, -0.2) is 4.98 Å². The monoisotopic (exact) mass is 255 g/mol. The lowest BCUT2D eigenvalue weighted by Gasteiger charge is -2.29. The maximum atomic E-state index is 9.12. The summed E-state index contributed by atoms with van der Waals surface area (Å²) in [5.74, 6) is 0.948. The topological polar surface area (TPSA) is 56.4 Å². The maximum absolute atomic E-state index is 9.12. The van der Waals surface area contributed by atoms with Gasteiger partial charge in [0.15, 0.2) is 5.69 Å². The van der Waals surface area contributed by atoms with Crippen LogP contribution in [-0.2, 0) is 6.42 Å². The number of nitrogens with one attached hydrogen (secondary N) is 1. The average Bonchev–Trinajstić information content (AvgIpc) is 2.85. The number of nitriles is 1. The number of aryl methyl sites for hydroxylation is 1. The predicted octanol–water partition coefficient (Wildman–Crippen LogP) is 1.18. The van der Waals surface area contributed by atoms with Crippen LogP contribution in [0.3, 0.4) is 0 Å². The van der Waals surface area contributed by atoms with Crippen molar-refractivity contribution in [2.45, 2.75) is 13.3 Å². The van der Waals surface area contributed by atoms with Crippen molar-refractivity contribution in [3.63, 3.8) is 0 Å². The highest BCUT2D eigenvalue weighted by atomic mass is 15.2. The summed E-state index contributed by atoms with van der Waals surface area (Å²) in [6.07, 6.45) is 2.93. The van der Waals surface area contributed by atoms with E-state index in [1.165, 1.54) is 5.69 Å². The minimum absolute atomic E-state index is 0.517. The fourth-order valence-electron chi connectivity index (χ4n) is 2.58. The molecule has 3 heterocycles. The SMILES string of the molecule is CCc1nc(C#N)c2ccc(N3CCNCC3)cn12. The molecule has 3 rings (SSSR count). The van der Waals surface area contributed by atoms with E-state index in [1.54, 1.807) is 0 Å². The van der Waals surface area contributed by atoms with E-state index in [0.717, 1.165) is 43.9 Å². The van der Waals surface area contributed by atoms with Crippen LogP contribution in [0, 0.1) is 11.3 Å². The number of nitrogens with zero attached hydrogens (tertiary/aromatic N) is 4. The molecule has 0 aliphatic carbocycles. The van der Waals surface area contributed by atoms with E-state index >= 15 is 0 Å². The van der Waals surface area contributed by atoms with Gasteiger partial charge in [-0.05, 0) is 12.1 Å². The first-order valence-corrected chi connectivity index (χ1v) is 6.70. The van der Waals surface area contributed by atoms with Crippen molar-refractivity contribution >= 4 is 11.2 Å². The van der Waals surface area contributed by atoms with E-state index in [1.807, 2.05) is 6.07 Å². The highest BCUT2D eigenvalue weighted by Gasteiger charge is 2.14. The van der Waals surface area contributed by atoms with Gasteiger partial charge in [0.2, 0.25) is 0 Å². The quantitative estimate of drug-likeness (QED) is 0.875. The van der Waals surface area contributed by atoms with Crippen molar-refractivity contribution in [3.05, 3.63) is 29.8 Å². The highest BCUT2D eigenvalue weighted by molar-refractivity contribution is 5.63. The molecule has 1 aliphatic heterocycles. The molecular formula is C14H17N5. The molecule has 0 unspecified atom stereocenters. The van der Waals surface area contributed by atoms with Crippen LogP contribution in [0.1, 0.15) is 18.4 Å². The number of hydrogen-bond acceptors (Lipinski definition) is 4. The Balaban J connectivity index is 2.07. The van der Waals surface area contributed by atoms with E-state index in [2.05, 4.69) is 44.9 Å². The third kappa shape index (κ3) is 2.04. The Morgan fingerprint density at radius 1 is 1.37 bits per heavy atom. The molecule has 1 fully saturated rings. The Bertz CT molecular complexity index is 631. The molecule has 0 radical (unpaired) electrons. The molecule has 1 N–H and O–H groups in total. The molecular weight excluding hydrogens is 238 g/mol. The Kier molecular flexibility index (Phi) is 3.10. The summed E-state index contributed by atoms with van der Waals surface area (Å²) in [6.45, 7) is 6.14. The smallest absolute Gasteiger partial charge is 0.166 e. The average molecular weight is 255 g/mol. The summed E-state index contributed by atoms with van der Waals surface area (Å²) in [7, 11) is 0. The summed E-state index contributed by atoms with van der Waals surface area (Å²) in [4.78, 5) is 6.75. The fraction of sp³-hybridized carbons (Fsp3) is 0.429. The van der Waals surface area contributed by atoms with Gasteiger partial charge in [0.25, 0.3) is 0 Å². The van der Waals surface area contributed by atoms with Gasteiger partial charge in [-0.3, -0.25) is 0 Å². The first-order valence-electron chi connectivity index (χ1n) is 6.70. The molecule has 0 aromatic carbocycles. The second kappa shape index (κ2) is 4.90. The molecule has 5 nitrogen and oxygen atoms in total. The lowest BCUT2D eigenvalue weighted by molar-refractivity contribution is 0.588. The van der Waals surface area contributed by atoms with Crippen molar-refractivity contribution in [1.29, 1.82) is 5.26 Å². The van der Waals surface area contributed by atoms with Gasteiger partial charge in [-0.1, -0.05) is 6.92 Å². The maximum Gasteiger partial charge on any atom is 0.166 e. The normalized spacial score (nSPS) is 15.7. The summed E-state index contributed by atoms with van der Waals surface area (Å²) < 4.78 is 2.05. The van der Waals surface area contributed by atoms with E-state index in [4.69, 9.17) is 5.26 Å². The number of imidazole rings is 1. The second-order valence-corrected chi connectivity index (χ2v) is 4.72. The van der Waals surface area contributed by atoms with Gasteiger partial charge in [-0.2, -0.15) is 5.26 Å². The molecule has 0 amide bonds. The van der Waals surface area contributed by atoms with Crippen LogP contribution in [-0.4, -0.2) is 35.6 Å². The number of piperazine rings is 1. The Morgan fingerprint density at radius 3 is 2.84 bits per heavy atom. The van der Waals surface area contributed by atoms with Crippen LogP contribution < -0.4 is 10.2 Å². The van der Waals surface area contributed by atoms with E-state index in [-0.39, 0.29) is 0 Å². The zero-order valence-electron chi connectivity index (χ0n) is 11.1. The summed E-state index contributed by atoms with van der Waals surface area (Å²) in [5.41, 5.74) is 2.62. The minimum atomic E-state index is 0.517. The van der Waals surface area contributed by atoms with Crippen molar-refractivity contribution < 1.29 is 0 Å². The molecule has 19 heavy (non-hydrogen) atoms. The summed E-state index contributed by atoms with van der Waals surface area (Å²) in [6, 6.07) is 6.26. The van der Waals surface area contributed by atoms with Gasteiger partial charge in [0.1, 0.15) is 11.9 Å². The van der Waals surface area contributed by atoms with Gasteiger partial charge in [-0.15, -0.1) is 0 Å². The third-order valence-electron chi connectivity index (χ3n) is 3.60. The van der Waals surface area contributed by atoms with Gasteiger partial charge in [0.05, 0.1) is 11.2 Å². The van der Waals surface area contributed by atoms with Gasteiger partial charge < -0.3 is 14.6 Å². The highest BCUT2D eigenvalue weighted by Crippen LogP contribution is 2.20. The Labute approximate surface area is 112 Å². The van der Waals surface area contributed by atoms with Crippen LogP contribution in [0.5, 0.6) is 0 Å². The van der Waals surface area contributed by atoms with Gasteiger partial charge in [0, 0.05) is 38.8 Å². The molecule has 98 valence electrons. The van der Waals surface area contributed by atoms with Crippen LogP contribution in [0.15, 0.2) is 18.3 Å². The number of hydrogen-bond donors (Lipinski definition) is 1. The van der Waals surface area contributed by atoms with Crippen LogP contribution in [0.2, 0.25) is 0 Å². The molecule has 2 aromatic rings. The standard InChI is InChI=1S/C14H17N5/c1-2-14-17-12(9-15)13-4-3-11(10-19(13)14)18-7-5-16-6-8-18/h3-4,10,16H,2,5-8H2,1H3. The Hall–Kier alpha value is -2.06. The zero-order valence-corrected chi connectivity index (χ0v) is 11.1. The van der Waals surface area contributed by atoms with E-state index < -0.39 is 0 Å².